The van der Waals surface area contributed by atoms with E-state index in [9.17, 15) is 14.0 Å². The highest BCUT2D eigenvalue weighted by Gasteiger charge is 2.35. The van der Waals surface area contributed by atoms with E-state index in [-0.39, 0.29) is 16.6 Å². The summed E-state index contributed by atoms with van der Waals surface area (Å²) in [6.07, 6.45) is 1.20. The summed E-state index contributed by atoms with van der Waals surface area (Å²) in [5.74, 6) is -1.28. The van der Waals surface area contributed by atoms with Crippen molar-refractivity contribution in [2.75, 3.05) is 11.9 Å². The minimum absolute atomic E-state index is 0.0760. The Morgan fingerprint density at radius 1 is 1.15 bits per heavy atom. The third-order valence-electron chi connectivity index (χ3n) is 4.17. The van der Waals surface area contributed by atoms with Gasteiger partial charge in [0.25, 0.3) is 5.91 Å². The highest BCUT2D eigenvalue weighted by molar-refractivity contribution is 9.10. The largest absolute Gasteiger partial charge is 0.327 e. The third-order valence-corrected chi connectivity index (χ3v) is 5.40. The topological polar surface area (TPSA) is 49.4 Å². The molecule has 0 aromatic heterocycles. The fourth-order valence-electron chi connectivity index (χ4n) is 2.88. The molecule has 1 aliphatic heterocycles. The molecule has 2 aromatic carbocycles. The number of benzene rings is 2. The molecule has 1 fully saturated rings. The number of nitrogens with one attached hydrogen (secondary N) is 1. The van der Waals surface area contributed by atoms with Crippen LogP contribution in [0.1, 0.15) is 23.2 Å². The van der Waals surface area contributed by atoms with E-state index in [1.54, 1.807) is 18.2 Å². The van der Waals surface area contributed by atoms with Gasteiger partial charge in [0.15, 0.2) is 0 Å². The van der Waals surface area contributed by atoms with Gasteiger partial charge in [0.05, 0.1) is 15.7 Å². The van der Waals surface area contributed by atoms with Crippen molar-refractivity contribution < 1.29 is 14.0 Å². The fourth-order valence-corrected chi connectivity index (χ4v) is 3.52. The summed E-state index contributed by atoms with van der Waals surface area (Å²) >= 11 is 15.0. The lowest BCUT2D eigenvalue weighted by molar-refractivity contribution is -0.119. The van der Waals surface area contributed by atoms with Gasteiger partial charge < -0.3 is 10.2 Å². The molecule has 3 rings (SSSR count). The van der Waals surface area contributed by atoms with Gasteiger partial charge in [-0.15, -0.1) is 0 Å². The van der Waals surface area contributed by atoms with Gasteiger partial charge in [-0.05, 0) is 49.2 Å². The Kier molecular flexibility index (Phi) is 5.85. The van der Waals surface area contributed by atoms with Gasteiger partial charge in [-0.3, -0.25) is 9.59 Å². The molecule has 1 N–H and O–H groups in total. The predicted octanol–water partition coefficient (Wildman–Crippen LogP) is 5.14. The van der Waals surface area contributed by atoms with E-state index in [0.29, 0.717) is 34.4 Å². The number of amides is 2. The standard InChI is InChI=1S/C18H14BrCl2FN2O2/c19-11-4-6-15(14(22)9-11)23-17(25)16-2-1-7-24(16)18(26)10-3-5-12(20)13(21)8-10/h3-6,8-9,16H,1-2,7H2,(H,23,25). The number of hydrogen-bond acceptors (Lipinski definition) is 2. The SMILES string of the molecule is O=C(Nc1ccc(Br)cc1F)C1CCCN1C(=O)c1ccc(Cl)c(Cl)c1. The van der Waals surface area contributed by atoms with E-state index < -0.39 is 17.8 Å². The molecule has 4 nitrogen and oxygen atoms in total. The van der Waals surface area contributed by atoms with Crippen molar-refractivity contribution in [1.82, 2.24) is 4.90 Å². The van der Waals surface area contributed by atoms with Crippen LogP contribution in [0.15, 0.2) is 40.9 Å². The van der Waals surface area contributed by atoms with Crippen LogP contribution in [0.25, 0.3) is 0 Å². The normalized spacial score (nSPS) is 16.6. The Morgan fingerprint density at radius 3 is 2.62 bits per heavy atom. The van der Waals surface area contributed by atoms with Gasteiger partial charge >= 0.3 is 0 Å². The van der Waals surface area contributed by atoms with E-state index >= 15 is 0 Å². The van der Waals surface area contributed by atoms with Crippen LogP contribution in [0, 0.1) is 5.82 Å². The smallest absolute Gasteiger partial charge is 0.254 e. The number of nitrogens with zero attached hydrogens (tertiary/aromatic N) is 1. The molecule has 1 aliphatic rings. The second-order valence-electron chi connectivity index (χ2n) is 5.90. The maximum atomic E-state index is 13.9. The highest BCUT2D eigenvalue weighted by Crippen LogP contribution is 2.27. The van der Waals surface area contributed by atoms with Crippen molar-refractivity contribution in [1.29, 1.82) is 0 Å². The summed E-state index contributed by atoms with van der Waals surface area (Å²) < 4.78 is 14.5. The summed E-state index contributed by atoms with van der Waals surface area (Å²) in [5.41, 5.74) is 0.431. The first kappa shape index (κ1) is 19.1. The number of hydrogen-bond donors (Lipinski definition) is 1. The number of halogens is 4. The van der Waals surface area contributed by atoms with E-state index in [2.05, 4.69) is 21.2 Å². The Balaban J connectivity index is 1.77. The molecule has 0 spiro atoms. The molecule has 0 aliphatic carbocycles. The summed E-state index contributed by atoms with van der Waals surface area (Å²) in [6, 6.07) is 8.29. The first-order chi connectivity index (χ1) is 12.4. The summed E-state index contributed by atoms with van der Waals surface area (Å²) in [6.45, 7) is 0.444. The minimum atomic E-state index is -0.667. The van der Waals surface area contributed by atoms with Crippen molar-refractivity contribution in [3.8, 4) is 0 Å². The van der Waals surface area contributed by atoms with Gasteiger partial charge in [0.2, 0.25) is 5.91 Å². The van der Waals surface area contributed by atoms with Crippen LogP contribution in [0.5, 0.6) is 0 Å². The van der Waals surface area contributed by atoms with Gasteiger partial charge in [-0.2, -0.15) is 0 Å². The molecule has 2 amide bonds. The van der Waals surface area contributed by atoms with Gasteiger partial charge in [0, 0.05) is 16.6 Å². The number of rotatable bonds is 3. The zero-order valence-electron chi connectivity index (χ0n) is 13.4. The maximum absolute atomic E-state index is 13.9. The fraction of sp³-hybridized carbons (Fsp3) is 0.222. The van der Waals surface area contributed by atoms with Crippen LogP contribution in [0.3, 0.4) is 0 Å². The first-order valence-corrected chi connectivity index (χ1v) is 9.43. The van der Waals surface area contributed by atoms with Crippen LogP contribution in [0.4, 0.5) is 10.1 Å². The molecular formula is C18H14BrCl2FN2O2. The monoisotopic (exact) mass is 458 g/mol. The van der Waals surface area contributed by atoms with Crippen molar-refractivity contribution in [3.63, 3.8) is 0 Å². The molecule has 1 heterocycles. The van der Waals surface area contributed by atoms with Gasteiger partial charge in [-0.25, -0.2) is 4.39 Å². The van der Waals surface area contributed by atoms with E-state index in [1.807, 2.05) is 0 Å². The van der Waals surface area contributed by atoms with Crippen molar-refractivity contribution in [3.05, 3.63) is 62.3 Å². The molecular weight excluding hydrogens is 446 g/mol. The molecule has 0 saturated carbocycles. The number of anilines is 1. The Labute approximate surface area is 168 Å². The van der Waals surface area contributed by atoms with E-state index in [1.165, 1.54) is 23.1 Å². The summed E-state index contributed by atoms with van der Waals surface area (Å²) in [5, 5.41) is 3.18. The van der Waals surface area contributed by atoms with Crippen molar-refractivity contribution in [2.24, 2.45) is 0 Å². The van der Waals surface area contributed by atoms with Crippen LogP contribution in [0.2, 0.25) is 10.0 Å². The Morgan fingerprint density at radius 2 is 1.92 bits per heavy atom. The minimum Gasteiger partial charge on any atom is -0.327 e. The second kappa shape index (κ2) is 7.94. The number of likely N-dealkylation sites (tertiary alicyclic amines) is 1. The van der Waals surface area contributed by atoms with E-state index in [4.69, 9.17) is 23.2 Å². The average Bonchev–Trinajstić information content (AvgIpc) is 3.09. The molecule has 2 aromatic rings. The predicted molar refractivity (Wildman–Crippen MR) is 103 cm³/mol. The molecule has 8 heteroatoms. The maximum Gasteiger partial charge on any atom is 0.254 e. The molecule has 26 heavy (non-hydrogen) atoms. The van der Waals surface area contributed by atoms with Gasteiger partial charge in [0.1, 0.15) is 11.9 Å². The van der Waals surface area contributed by atoms with Crippen LogP contribution in [-0.4, -0.2) is 29.3 Å². The summed E-state index contributed by atoms with van der Waals surface area (Å²) in [4.78, 5) is 26.8. The molecule has 0 bridgehead atoms. The zero-order chi connectivity index (χ0) is 18.8. The number of carbonyl (C=O) groups is 2. The number of carbonyl (C=O) groups excluding carboxylic acids is 2. The van der Waals surface area contributed by atoms with Crippen LogP contribution >= 0.6 is 39.1 Å². The molecule has 1 atom stereocenters. The van der Waals surface area contributed by atoms with Crippen molar-refractivity contribution in [2.45, 2.75) is 18.9 Å². The lowest BCUT2D eigenvalue weighted by Crippen LogP contribution is -2.43. The first-order valence-electron chi connectivity index (χ1n) is 7.89. The molecule has 1 saturated heterocycles. The van der Waals surface area contributed by atoms with Crippen molar-refractivity contribution >= 4 is 56.6 Å². The average molecular weight is 460 g/mol. The van der Waals surface area contributed by atoms with Crippen LogP contribution < -0.4 is 5.32 Å². The highest BCUT2D eigenvalue weighted by atomic mass is 79.9. The Bertz CT molecular complexity index is 878. The lowest BCUT2D eigenvalue weighted by Gasteiger charge is -2.24. The van der Waals surface area contributed by atoms with Crippen LogP contribution in [-0.2, 0) is 4.79 Å². The zero-order valence-corrected chi connectivity index (χ0v) is 16.5. The molecule has 136 valence electrons. The quantitative estimate of drug-likeness (QED) is 0.690. The molecule has 1 unspecified atom stereocenters. The second-order valence-corrected chi connectivity index (χ2v) is 7.63. The lowest BCUT2D eigenvalue weighted by atomic mass is 10.1. The van der Waals surface area contributed by atoms with E-state index in [0.717, 1.165) is 0 Å². The molecule has 0 radical (unpaired) electrons. The Hall–Kier alpha value is -1.63. The third kappa shape index (κ3) is 4.03. The summed E-state index contributed by atoms with van der Waals surface area (Å²) in [7, 11) is 0. The van der Waals surface area contributed by atoms with Gasteiger partial charge in [-0.1, -0.05) is 39.1 Å².